The van der Waals surface area contributed by atoms with Crippen LogP contribution in [0.2, 0.25) is 5.15 Å². The lowest BCUT2D eigenvalue weighted by Gasteiger charge is -2.07. The van der Waals surface area contributed by atoms with Crippen LogP contribution in [0.3, 0.4) is 0 Å². The standard InChI is InChI=1S/C12H8BrClFIN2/c1-2-9-10(16)11(14)18-12(17-9)6-3-4-7(13)8(15)5-6/h3-5H,2H2,1H3. The molecular formula is C12H8BrClFIN2. The van der Waals surface area contributed by atoms with Crippen molar-refractivity contribution in [1.82, 2.24) is 9.97 Å². The Morgan fingerprint density at radius 3 is 2.72 bits per heavy atom. The van der Waals surface area contributed by atoms with E-state index in [2.05, 4.69) is 48.5 Å². The Morgan fingerprint density at radius 2 is 2.11 bits per heavy atom. The Labute approximate surface area is 131 Å². The zero-order valence-electron chi connectivity index (χ0n) is 9.35. The summed E-state index contributed by atoms with van der Waals surface area (Å²) in [6, 6.07) is 4.78. The smallest absolute Gasteiger partial charge is 0.161 e. The third-order valence-corrected chi connectivity index (χ3v) is 4.76. The van der Waals surface area contributed by atoms with Gasteiger partial charge in [0.05, 0.1) is 13.7 Å². The van der Waals surface area contributed by atoms with E-state index in [9.17, 15) is 4.39 Å². The normalized spacial score (nSPS) is 10.7. The molecule has 0 atom stereocenters. The van der Waals surface area contributed by atoms with E-state index in [1.165, 1.54) is 6.07 Å². The summed E-state index contributed by atoms with van der Waals surface area (Å²) in [4.78, 5) is 8.59. The Morgan fingerprint density at radius 1 is 1.39 bits per heavy atom. The molecule has 2 aromatic rings. The number of rotatable bonds is 2. The van der Waals surface area contributed by atoms with E-state index in [0.29, 0.717) is 21.0 Å². The fourth-order valence-electron chi connectivity index (χ4n) is 1.46. The number of nitrogens with zero attached hydrogens (tertiary/aromatic N) is 2. The first-order valence-corrected chi connectivity index (χ1v) is 7.45. The molecule has 2 rings (SSSR count). The summed E-state index contributed by atoms with van der Waals surface area (Å²) in [6.45, 7) is 1.99. The molecule has 0 bridgehead atoms. The molecule has 0 unspecified atom stereocenters. The summed E-state index contributed by atoms with van der Waals surface area (Å²) in [5.74, 6) is 0.104. The van der Waals surface area contributed by atoms with Crippen molar-refractivity contribution in [3.63, 3.8) is 0 Å². The van der Waals surface area contributed by atoms with Gasteiger partial charge in [0, 0.05) is 5.56 Å². The van der Waals surface area contributed by atoms with Crippen LogP contribution in [0.15, 0.2) is 22.7 Å². The molecule has 0 aliphatic heterocycles. The van der Waals surface area contributed by atoms with E-state index in [-0.39, 0.29) is 5.82 Å². The minimum absolute atomic E-state index is 0.344. The highest BCUT2D eigenvalue weighted by Crippen LogP contribution is 2.26. The van der Waals surface area contributed by atoms with Crippen molar-refractivity contribution in [2.75, 3.05) is 0 Å². The first-order chi connectivity index (χ1) is 8.52. The maximum Gasteiger partial charge on any atom is 0.161 e. The van der Waals surface area contributed by atoms with Gasteiger partial charge in [0.25, 0.3) is 0 Å². The fraction of sp³-hybridized carbons (Fsp3) is 0.167. The molecule has 0 radical (unpaired) electrons. The molecular weight excluding hydrogens is 433 g/mol. The van der Waals surface area contributed by atoms with Crippen LogP contribution in [0.5, 0.6) is 0 Å². The lowest BCUT2D eigenvalue weighted by Crippen LogP contribution is -1.99. The van der Waals surface area contributed by atoms with Crippen LogP contribution in [-0.2, 0) is 6.42 Å². The Hall–Kier alpha value is -0.270. The topological polar surface area (TPSA) is 25.8 Å². The van der Waals surface area contributed by atoms with Crippen molar-refractivity contribution in [3.8, 4) is 11.4 Å². The van der Waals surface area contributed by atoms with Crippen LogP contribution in [0.1, 0.15) is 12.6 Å². The van der Waals surface area contributed by atoms with Gasteiger partial charge in [0.15, 0.2) is 5.82 Å². The molecule has 0 amide bonds. The van der Waals surface area contributed by atoms with Gasteiger partial charge >= 0.3 is 0 Å². The van der Waals surface area contributed by atoms with Gasteiger partial charge in [-0.05, 0) is 63.1 Å². The summed E-state index contributed by atoms with van der Waals surface area (Å²) in [5.41, 5.74) is 1.48. The van der Waals surface area contributed by atoms with Gasteiger partial charge in [-0.15, -0.1) is 0 Å². The van der Waals surface area contributed by atoms with Crippen LogP contribution < -0.4 is 0 Å². The number of aromatic nitrogens is 2. The van der Waals surface area contributed by atoms with Crippen molar-refractivity contribution in [2.45, 2.75) is 13.3 Å². The third kappa shape index (κ3) is 2.83. The summed E-state index contributed by atoms with van der Waals surface area (Å²) in [6.07, 6.45) is 0.756. The van der Waals surface area contributed by atoms with E-state index in [1.807, 2.05) is 6.92 Å². The zero-order valence-corrected chi connectivity index (χ0v) is 13.8. The summed E-state index contributed by atoms with van der Waals surface area (Å²) in [7, 11) is 0. The summed E-state index contributed by atoms with van der Waals surface area (Å²) >= 11 is 11.3. The average Bonchev–Trinajstić information content (AvgIpc) is 2.36. The van der Waals surface area contributed by atoms with Gasteiger partial charge in [-0.25, -0.2) is 14.4 Å². The quantitative estimate of drug-likeness (QED) is 0.491. The van der Waals surface area contributed by atoms with E-state index in [0.717, 1.165) is 15.7 Å². The molecule has 0 aliphatic carbocycles. The first kappa shape index (κ1) is 14.1. The van der Waals surface area contributed by atoms with Crippen LogP contribution in [0, 0.1) is 9.39 Å². The molecule has 94 valence electrons. The van der Waals surface area contributed by atoms with Crippen LogP contribution in [0.4, 0.5) is 4.39 Å². The van der Waals surface area contributed by atoms with Crippen LogP contribution >= 0.6 is 50.1 Å². The van der Waals surface area contributed by atoms with Gasteiger partial charge in [0.2, 0.25) is 0 Å². The number of benzene rings is 1. The third-order valence-electron chi connectivity index (χ3n) is 2.39. The lowest BCUT2D eigenvalue weighted by atomic mass is 10.2. The van der Waals surface area contributed by atoms with E-state index < -0.39 is 0 Å². The molecule has 1 aromatic heterocycles. The maximum atomic E-state index is 13.5. The molecule has 18 heavy (non-hydrogen) atoms. The Kier molecular flexibility index (Phi) is 4.55. The Bertz CT molecular complexity index is 607. The molecule has 2 nitrogen and oxygen atoms in total. The predicted octanol–water partition coefficient (Wildman–Crippen LogP) is 4.87. The van der Waals surface area contributed by atoms with E-state index in [1.54, 1.807) is 12.1 Å². The molecule has 0 saturated carbocycles. The lowest BCUT2D eigenvalue weighted by molar-refractivity contribution is 0.621. The van der Waals surface area contributed by atoms with Crippen molar-refractivity contribution < 1.29 is 4.39 Å². The molecule has 0 aliphatic rings. The fourth-order valence-corrected chi connectivity index (χ4v) is 2.52. The second-order valence-electron chi connectivity index (χ2n) is 3.58. The van der Waals surface area contributed by atoms with Gasteiger partial charge in [-0.2, -0.15) is 0 Å². The summed E-state index contributed by atoms with van der Waals surface area (Å²) in [5, 5.41) is 0.403. The number of hydrogen-bond acceptors (Lipinski definition) is 2. The van der Waals surface area contributed by atoms with Crippen molar-refractivity contribution in [1.29, 1.82) is 0 Å². The van der Waals surface area contributed by atoms with Gasteiger partial charge < -0.3 is 0 Å². The molecule has 0 N–H and O–H groups in total. The monoisotopic (exact) mass is 440 g/mol. The second-order valence-corrected chi connectivity index (χ2v) is 5.87. The molecule has 0 fully saturated rings. The van der Waals surface area contributed by atoms with Crippen molar-refractivity contribution in [2.24, 2.45) is 0 Å². The van der Waals surface area contributed by atoms with Gasteiger partial charge in [0.1, 0.15) is 11.0 Å². The number of hydrogen-bond donors (Lipinski definition) is 0. The highest BCUT2D eigenvalue weighted by atomic mass is 127. The van der Waals surface area contributed by atoms with Crippen LogP contribution in [0.25, 0.3) is 11.4 Å². The zero-order chi connectivity index (χ0) is 13.3. The minimum atomic E-state index is -0.344. The van der Waals surface area contributed by atoms with E-state index in [4.69, 9.17) is 11.6 Å². The minimum Gasteiger partial charge on any atom is -0.232 e. The number of aryl methyl sites for hydroxylation is 1. The first-order valence-electron chi connectivity index (χ1n) is 5.20. The molecule has 1 heterocycles. The Balaban J connectivity index is 2.57. The highest BCUT2D eigenvalue weighted by Gasteiger charge is 2.12. The SMILES string of the molecule is CCc1nc(-c2ccc(Br)c(F)c2)nc(Cl)c1I. The molecule has 0 spiro atoms. The van der Waals surface area contributed by atoms with Crippen molar-refractivity contribution >= 4 is 50.1 Å². The number of halogens is 4. The average molecular weight is 441 g/mol. The van der Waals surface area contributed by atoms with Gasteiger partial charge in [-0.1, -0.05) is 18.5 Å². The molecule has 0 saturated heterocycles. The second kappa shape index (κ2) is 5.79. The highest BCUT2D eigenvalue weighted by molar-refractivity contribution is 14.1. The largest absolute Gasteiger partial charge is 0.232 e. The summed E-state index contributed by atoms with van der Waals surface area (Å²) < 4.78 is 14.8. The van der Waals surface area contributed by atoms with Crippen molar-refractivity contribution in [3.05, 3.63) is 42.9 Å². The van der Waals surface area contributed by atoms with Gasteiger partial charge in [-0.3, -0.25) is 0 Å². The molecule has 1 aromatic carbocycles. The van der Waals surface area contributed by atoms with Crippen LogP contribution in [-0.4, -0.2) is 9.97 Å². The van der Waals surface area contributed by atoms with E-state index >= 15 is 0 Å². The maximum absolute atomic E-state index is 13.5. The predicted molar refractivity (Wildman–Crippen MR) is 82.2 cm³/mol. The molecule has 6 heteroatoms.